The number of nitrogens with zero attached hydrogens (tertiary/aromatic N) is 2. The summed E-state index contributed by atoms with van der Waals surface area (Å²) >= 11 is 0. The van der Waals surface area contributed by atoms with Crippen molar-refractivity contribution in [3.05, 3.63) is 47.5 Å². The van der Waals surface area contributed by atoms with Crippen LogP contribution in [0.25, 0.3) is 5.69 Å². The standard InChI is InChI=1S/C17H20FN3O2/c1-11-14(17(23)20-12-6-8-13(22)9-7-12)10-19-21(11)16-5-3-2-4-15(16)18/h2-5,10,12-13,22H,6-9H2,1H3,(H,20,23). The Morgan fingerprint density at radius 3 is 2.70 bits per heavy atom. The number of amides is 1. The van der Waals surface area contributed by atoms with Gasteiger partial charge in [-0.1, -0.05) is 12.1 Å². The third kappa shape index (κ3) is 3.27. The van der Waals surface area contributed by atoms with Crippen LogP contribution in [0.4, 0.5) is 4.39 Å². The van der Waals surface area contributed by atoms with E-state index in [4.69, 9.17) is 0 Å². The Kier molecular flexibility index (Phi) is 4.43. The summed E-state index contributed by atoms with van der Waals surface area (Å²) in [6.07, 6.45) is 4.17. The maximum atomic E-state index is 13.9. The molecule has 5 nitrogen and oxygen atoms in total. The fourth-order valence-corrected chi connectivity index (χ4v) is 2.98. The lowest BCUT2D eigenvalue weighted by atomic mass is 9.93. The first-order valence-corrected chi connectivity index (χ1v) is 7.84. The molecule has 122 valence electrons. The molecular formula is C17H20FN3O2. The van der Waals surface area contributed by atoms with Crippen molar-refractivity contribution in [2.24, 2.45) is 0 Å². The maximum absolute atomic E-state index is 13.9. The normalized spacial score (nSPS) is 21.2. The van der Waals surface area contributed by atoms with Gasteiger partial charge >= 0.3 is 0 Å². The lowest BCUT2D eigenvalue weighted by Crippen LogP contribution is -2.38. The van der Waals surface area contributed by atoms with E-state index in [0.29, 0.717) is 29.8 Å². The van der Waals surface area contributed by atoms with Gasteiger partial charge in [0, 0.05) is 6.04 Å². The van der Waals surface area contributed by atoms with E-state index in [-0.39, 0.29) is 23.9 Å². The second kappa shape index (κ2) is 6.50. The molecule has 0 unspecified atom stereocenters. The fourth-order valence-electron chi connectivity index (χ4n) is 2.98. The second-order valence-electron chi connectivity index (χ2n) is 5.99. The number of rotatable bonds is 3. The van der Waals surface area contributed by atoms with Crippen LogP contribution in [0.1, 0.15) is 41.7 Å². The van der Waals surface area contributed by atoms with Crippen LogP contribution in [-0.4, -0.2) is 32.9 Å². The summed E-state index contributed by atoms with van der Waals surface area (Å²) < 4.78 is 15.3. The Hall–Kier alpha value is -2.21. The summed E-state index contributed by atoms with van der Waals surface area (Å²) in [6.45, 7) is 1.75. The molecule has 1 amide bonds. The molecule has 0 spiro atoms. The summed E-state index contributed by atoms with van der Waals surface area (Å²) in [5.74, 6) is -0.585. The molecule has 6 heteroatoms. The quantitative estimate of drug-likeness (QED) is 0.913. The lowest BCUT2D eigenvalue weighted by molar-refractivity contribution is 0.0867. The average molecular weight is 317 g/mol. The van der Waals surface area contributed by atoms with Gasteiger partial charge in [-0.2, -0.15) is 5.10 Å². The minimum Gasteiger partial charge on any atom is -0.393 e. The molecule has 3 rings (SSSR count). The number of hydrogen-bond donors (Lipinski definition) is 2. The van der Waals surface area contributed by atoms with Crippen molar-refractivity contribution in [2.45, 2.75) is 44.8 Å². The second-order valence-corrected chi connectivity index (χ2v) is 5.99. The van der Waals surface area contributed by atoms with E-state index in [9.17, 15) is 14.3 Å². The number of carbonyl (C=O) groups is 1. The van der Waals surface area contributed by atoms with Crippen molar-refractivity contribution in [1.82, 2.24) is 15.1 Å². The van der Waals surface area contributed by atoms with E-state index in [1.165, 1.54) is 16.9 Å². The Morgan fingerprint density at radius 2 is 2.00 bits per heavy atom. The summed E-state index contributed by atoms with van der Waals surface area (Å²) in [5.41, 5.74) is 1.37. The number of carbonyl (C=O) groups excluding carboxylic acids is 1. The Bertz CT molecular complexity index is 706. The summed E-state index contributed by atoms with van der Waals surface area (Å²) in [7, 11) is 0. The van der Waals surface area contributed by atoms with Gasteiger partial charge in [-0.05, 0) is 44.7 Å². The molecule has 1 aromatic heterocycles. The van der Waals surface area contributed by atoms with Crippen LogP contribution in [0.15, 0.2) is 30.5 Å². The van der Waals surface area contributed by atoms with Gasteiger partial charge in [-0.25, -0.2) is 9.07 Å². The number of benzene rings is 1. The first kappa shape index (κ1) is 15.7. The van der Waals surface area contributed by atoms with Crippen LogP contribution in [0.3, 0.4) is 0 Å². The minimum atomic E-state index is -0.382. The van der Waals surface area contributed by atoms with Gasteiger partial charge in [0.05, 0.1) is 23.6 Å². The van der Waals surface area contributed by atoms with Gasteiger partial charge in [0.15, 0.2) is 0 Å². The molecule has 1 fully saturated rings. The van der Waals surface area contributed by atoms with Gasteiger partial charge < -0.3 is 10.4 Å². The van der Waals surface area contributed by atoms with Crippen molar-refractivity contribution in [2.75, 3.05) is 0 Å². The topological polar surface area (TPSA) is 67.2 Å². The molecule has 23 heavy (non-hydrogen) atoms. The van der Waals surface area contributed by atoms with Gasteiger partial charge in [-0.15, -0.1) is 0 Å². The predicted molar refractivity (Wildman–Crippen MR) is 84.0 cm³/mol. The number of nitrogens with one attached hydrogen (secondary N) is 1. The zero-order valence-corrected chi connectivity index (χ0v) is 13.0. The van der Waals surface area contributed by atoms with Crippen molar-refractivity contribution in [1.29, 1.82) is 0 Å². The van der Waals surface area contributed by atoms with E-state index in [0.717, 1.165) is 12.8 Å². The summed E-state index contributed by atoms with van der Waals surface area (Å²) in [5, 5.41) is 16.6. The van der Waals surface area contributed by atoms with Gasteiger partial charge in [0.2, 0.25) is 0 Å². The molecule has 1 aromatic carbocycles. The van der Waals surface area contributed by atoms with Crippen LogP contribution in [-0.2, 0) is 0 Å². The Labute approximate surface area is 134 Å². The summed E-state index contributed by atoms with van der Waals surface area (Å²) in [4.78, 5) is 12.4. The van der Waals surface area contributed by atoms with Crippen molar-refractivity contribution in [3.8, 4) is 5.69 Å². The van der Waals surface area contributed by atoms with Crippen molar-refractivity contribution >= 4 is 5.91 Å². The molecule has 0 aliphatic heterocycles. The van der Waals surface area contributed by atoms with Crippen LogP contribution >= 0.6 is 0 Å². The molecule has 1 heterocycles. The third-order valence-corrected chi connectivity index (χ3v) is 4.37. The van der Waals surface area contributed by atoms with E-state index >= 15 is 0 Å². The monoisotopic (exact) mass is 317 g/mol. The number of aliphatic hydroxyl groups excluding tert-OH is 1. The Morgan fingerprint density at radius 1 is 1.30 bits per heavy atom. The third-order valence-electron chi connectivity index (χ3n) is 4.37. The highest BCUT2D eigenvalue weighted by Gasteiger charge is 2.23. The fraction of sp³-hybridized carbons (Fsp3) is 0.412. The highest BCUT2D eigenvalue weighted by atomic mass is 19.1. The maximum Gasteiger partial charge on any atom is 0.254 e. The van der Waals surface area contributed by atoms with Crippen LogP contribution in [0.5, 0.6) is 0 Å². The van der Waals surface area contributed by atoms with E-state index < -0.39 is 0 Å². The van der Waals surface area contributed by atoms with Crippen molar-refractivity contribution < 1.29 is 14.3 Å². The van der Waals surface area contributed by atoms with E-state index in [1.54, 1.807) is 25.1 Å². The molecule has 0 atom stereocenters. The largest absolute Gasteiger partial charge is 0.393 e. The molecule has 1 aliphatic carbocycles. The molecule has 2 N–H and O–H groups in total. The van der Waals surface area contributed by atoms with Crippen LogP contribution in [0.2, 0.25) is 0 Å². The summed E-state index contributed by atoms with van der Waals surface area (Å²) in [6, 6.07) is 6.40. The first-order valence-electron chi connectivity index (χ1n) is 7.84. The first-order chi connectivity index (χ1) is 11.1. The van der Waals surface area contributed by atoms with Crippen LogP contribution in [0, 0.1) is 12.7 Å². The minimum absolute atomic E-state index is 0.0714. The highest BCUT2D eigenvalue weighted by molar-refractivity contribution is 5.95. The number of aliphatic hydroxyl groups is 1. The number of aromatic nitrogens is 2. The van der Waals surface area contributed by atoms with E-state index in [2.05, 4.69) is 10.4 Å². The van der Waals surface area contributed by atoms with E-state index in [1.807, 2.05) is 0 Å². The van der Waals surface area contributed by atoms with Gasteiger partial charge in [-0.3, -0.25) is 4.79 Å². The Balaban J connectivity index is 1.76. The smallest absolute Gasteiger partial charge is 0.254 e. The number of para-hydroxylation sites is 1. The lowest BCUT2D eigenvalue weighted by Gasteiger charge is -2.26. The molecule has 0 saturated heterocycles. The zero-order chi connectivity index (χ0) is 16.4. The molecule has 1 aliphatic rings. The molecule has 0 bridgehead atoms. The van der Waals surface area contributed by atoms with Gasteiger partial charge in [0.25, 0.3) is 5.91 Å². The number of hydrogen-bond acceptors (Lipinski definition) is 3. The molecule has 1 saturated carbocycles. The SMILES string of the molecule is Cc1c(C(=O)NC2CCC(O)CC2)cnn1-c1ccccc1F. The van der Waals surface area contributed by atoms with Crippen LogP contribution < -0.4 is 5.32 Å². The highest BCUT2D eigenvalue weighted by Crippen LogP contribution is 2.20. The van der Waals surface area contributed by atoms with Gasteiger partial charge in [0.1, 0.15) is 11.5 Å². The molecular weight excluding hydrogens is 297 g/mol. The molecule has 0 radical (unpaired) electrons. The number of halogens is 1. The van der Waals surface area contributed by atoms with Crippen molar-refractivity contribution in [3.63, 3.8) is 0 Å². The predicted octanol–water partition coefficient (Wildman–Crippen LogP) is 2.35. The zero-order valence-electron chi connectivity index (χ0n) is 13.0. The molecule has 2 aromatic rings. The average Bonchev–Trinajstić information content (AvgIpc) is 2.92.